The number of furan rings is 1. The summed E-state index contributed by atoms with van der Waals surface area (Å²) in [6.45, 7) is 0. The van der Waals surface area contributed by atoms with Gasteiger partial charge in [0.15, 0.2) is 0 Å². The summed E-state index contributed by atoms with van der Waals surface area (Å²) in [6, 6.07) is 5.28. The molecule has 21 heavy (non-hydrogen) atoms. The number of carbonyl (C=O) groups excluding carboxylic acids is 1. The Balaban J connectivity index is 1.64. The maximum atomic E-state index is 11.7. The van der Waals surface area contributed by atoms with Crippen molar-refractivity contribution >= 4 is 17.7 Å². The minimum absolute atomic E-state index is 0.290. The van der Waals surface area contributed by atoms with E-state index in [0.717, 1.165) is 0 Å². The van der Waals surface area contributed by atoms with E-state index in [9.17, 15) is 4.79 Å². The van der Waals surface area contributed by atoms with E-state index >= 15 is 0 Å². The first-order valence-corrected chi connectivity index (χ1v) is 6.16. The van der Waals surface area contributed by atoms with Crippen molar-refractivity contribution in [3.05, 3.63) is 61.1 Å². The number of rotatable bonds is 4. The van der Waals surface area contributed by atoms with Crippen LogP contribution in [0, 0.1) is 0 Å². The predicted octanol–water partition coefficient (Wildman–Crippen LogP) is 1.91. The topological polar surface area (TPSA) is 85.8 Å². The molecule has 0 aliphatic carbocycles. The fraction of sp³-hybridized carbons (Fsp3) is 0. The first kappa shape index (κ1) is 12.8. The molecule has 0 aliphatic rings. The largest absolute Gasteiger partial charge is 0.465 e. The SMILES string of the molecule is O=C(/C=C/c1ccco1)Nc1cnc(-n2cccn2)nc1. The average molecular weight is 281 g/mol. The van der Waals surface area contributed by atoms with Crippen molar-refractivity contribution in [2.45, 2.75) is 0 Å². The number of aromatic nitrogens is 4. The summed E-state index contributed by atoms with van der Waals surface area (Å²) in [4.78, 5) is 19.9. The van der Waals surface area contributed by atoms with Crippen LogP contribution in [0.3, 0.4) is 0 Å². The van der Waals surface area contributed by atoms with Crippen LogP contribution in [0.2, 0.25) is 0 Å². The lowest BCUT2D eigenvalue weighted by Gasteiger charge is -2.02. The van der Waals surface area contributed by atoms with Gasteiger partial charge >= 0.3 is 0 Å². The van der Waals surface area contributed by atoms with Gasteiger partial charge in [-0.2, -0.15) is 5.10 Å². The molecule has 104 valence electrons. The van der Waals surface area contributed by atoms with Crippen LogP contribution in [0.25, 0.3) is 12.0 Å². The Bertz CT molecular complexity index is 730. The van der Waals surface area contributed by atoms with Crippen molar-refractivity contribution in [3.8, 4) is 5.95 Å². The van der Waals surface area contributed by atoms with Crippen molar-refractivity contribution in [1.29, 1.82) is 0 Å². The van der Waals surface area contributed by atoms with E-state index in [0.29, 0.717) is 17.4 Å². The Morgan fingerprint density at radius 2 is 2.14 bits per heavy atom. The molecule has 0 saturated heterocycles. The van der Waals surface area contributed by atoms with E-state index in [1.165, 1.54) is 23.2 Å². The number of hydrogen-bond donors (Lipinski definition) is 1. The second-order valence-corrected chi connectivity index (χ2v) is 4.06. The highest BCUT2D eigenvalue weighted by Gasteiger charge is 2.02. The summed E-state index contributed by atoms with van der Waals surface area (Å²) in [5.41, 5.74) is 0.500. The van der Waals surface area contributed by atoms with Gasteiger partial charge < -0.3 is 9.73 Å². The van der Waals surface area contributed by atoms with Crippen LogP contribution in [-0.2, 0) is 4.79 Å². The van der Waals surface area contributed by atoms with Gasteiger partial charge in [0.25, 0.3) is 5.95 Å². The lowest BCUT2D eigenvalue weighted by atomic mass is 10.4. The van der Waals surface area contributed by atoms with Gasteiger partial charge in [0.05, 0.1) is 24.3 Å². The zero-order chi connectivity index (χ0) is 14.5. The van der Waals surface area contributed by atoms with Crippen LogP contribution in [0.15, 0.2) is 59.7 Å². The molecule has 0 aromatic carbocycles. The van der Waals surface area contributed by atoms with E-state index in [4.69, 9.17) is 4.42 Å². The third-order valence-corrected chi connectivity index (χ3v) is 2.56. The van der Waals surface area contributed by atoms with E-state index < -0.39 is 0 Å². The molecule has 1 N–H and O–H groups in total. The molecule has 0 fully saturated rings. The van der Waals surface area contributed by atoms with Gasteiger partial charge in [0.1, 0.15) is 5.76 Å². The number of nitrogens with zero attached hydrogens (tertiary/aromatic N) is 4. The third kappa shape index (κ3) is 3.21. The standard InChI is InChI=1S/C14H11N5O2/c20-13(5-4-12-3-1-8-21-12)18-11-9-15-14(16-10-11)19-7-2-6-17-19/h1-10H,(H,18,20)/b5-4+. The van der Waals surface area contributed by atoms with E-state index in [-0.39, 0.29) is 5.91 Å². The highest BCUT2D eigenvalue weighted by atomic mass is 16.3. The van der Waals surface area contributed by atoms with Gasteiger partial charge in [0.2, 0.25) is 5.91 Å². The van der Waals surface area contributed by atoms with Gasteiger partial charge in [-0.1, -0.05) is 0 Å². The maximum Gasteiger partial charge on any atom is 0.250 e. The molecule has 0 aliphatic heterocycles. The van der Waals surface area contributed by atoms with Gasteiger partial charge in [-0.05, 0) is 24.3 Å². The summed E-state index contributed by atoms with van der Waals surface area (Å²) in [6.07, 6.45) is 10.9. The molecule has 0 radical (unpaired) electrons. The minimum Gasteiger partial charge on any atom is -0.465 e. The molecule has 0 saturated carbocycles. The smallest absolute Gasteiger partial charge is 0.250 e. The van der Waals surface area contributed by atoms with Crippen molar-refractivity contribution in [2.24, 2.45) is 0 Å². The first-order valence-electron chi connectivity index (χ1n) is 6.16. The number of hydrogen-bond acceptors (Lipinski definition) is 5. The maximum absolute atomic E-state index is 11.7. The highest BCUT2D eigenvalue weighted by molar-refractivity contribution is 6.01. The van der Waals surface area contributed by atoms with Gasteiger partial charge in [0, 0.05) is 18.5 Å². The quantitative estimate of drug-likeness (QED) is 0.738. The minimum atomic E-state index is -0.290. The van der Waals surface area contributed by atoms with Crippen LogP contribution in [0.1, 0.15) is 5.76 Å². The van der Waals surface area contributed by atoms with Crippen molar-refractivity contribution in [3.63, 3.8) is 0 Å². The molecule has 0 spiro atoms. The number of anilines is 1. The summed E-state index contributed by atoms with van der Waals surface area (Å²) >= 11 is 0. The molecule has 0 bridgehead atoms. The fourth-order valence-electron chi connectivity index (χ4n) is 1.62. The summed E-state index contributed by atoms with van der Waals surface area (Å²) < 4.78 is 6.62. The predicted molar refractivity (Wildman–Crippen MR) is 75.5 cm³/mol. The zero-order valence-electron chi connectivity index (χ0n) is 10.9. The highest BCUT2D eigenvalue weighted by Crippen LogP contribution is 2.06. The molecule has 7 heteroatoms. The third-order valence-electron chi connectivity index (χ3n) is 2.56. The van der Waals surface area contributed by atoms with Gasteiger partial charge in [-0.3, -0.25) is 4.79 Å². The van der Waals surface area contributed by atoms with E-state index in [1.807, 2.05) is 0 Å². The zero-order valence-corrected chi connectivity index (χ0v) is 10.9. The Morgan fingerprint density at radius 3 is 2.81 bits per heavy atom. The van der Waals surface area contributed by atoms with Crippen molar-refractivity contribution in [2.75, 3.05) is 5.32 Å². The number of amides is 1. The Morgan fingerprint density at radius 1 is 1.29 bits per heavy atom. The summed E-state index contributed by atoms with van der Waals surface area (Å²) in [7, 11) is 0. The number of nitrogens with one attached hydrogen (secondary N) is 1. The summed E-state index contributed by atoms with van der Waals surface area (Å²) in [5, 5.41) is 6.67. The summed E-state index contributed by atoms with van der Waals surface area (Å²) in [5.74, 6) is 0.751. The van der Waals surface area contributed by atoms with Crippen LogP contribution in [-0.4, -0.2) is 25.7 Å². The molecule has 3 aromatic heterocycles. The Labute approximate surface area is 120 Å². The fourth-order valence-corrected chi connectivity index (χ4v) is 1.62. The van der Waals surface area contributed by atoms with Crippen LogP contribution in [0.4, 0.5) is 5.69 Å². The van der Waals surface area contributed by atoms with E-state index in [2.05, 4.69) is 20.4 Å². The average Bonchev–Trinajstić information content (AvgIpc) is 3.19. The molecular weight excluding hydrogens is 270 g/mol. The Kier molecular flexibility index (Phi) is 3.55. The molecule has 0 unspecified atom stereocenters. The molecule has 3 aromatic rings. The normalized spacial score (nSPS) is 10.9. The first-order chi connectivity index (χ1) is 10.3. The molecule has 7 nitrogen and oxygen atoms in total. The van der Waals surface area contributed by atoms with Gasteiger partial charge in [-0.15, -0.1) is 0 Å². The van der Waals surface area contributed by atoms with Crippen LogP contribution < -0.4 is 5.32 Å². The van der Waals surface area contributed by atoms with Crippen molar-refractivity contribution < 1.29 is 9.21 Å². The van der Waals surface area contributed by atoms with Crippen LogP contribution in [0.5, 0.6) is 0 Å². The molecule has 1 amide bonds. The second-order valence-electron chi connectivity index (χ2n) is 4.06. The lowest BCUT2D eigenvalue weighted by molar-refractivity contribution is -0.111. The van der Waals surface area contributed by atoms with E-state index in [1.54, 1.807) is 42.9 Å². The van der Waals surface area contributed by atoms with Gasteiger partial charge in [-0.25, -0.2) is 14.6 Å². The molecule has 3 heterocycles. The Hall–Kier alpha value is -3.22. The van der Waals surface area contributed by atoms with Crippen LogP contribution >= 0.6 is 0 Å². The van der Waals surface area contributed by atoms with Crippen molar-refractivity contribution in [1.82, 2.24) is 19.7 Å². The molecule has 0 atom stereocenters. The molecular formula is C14H11N5O2. The molecule has 3 rings (SSSR count). The number of carbonyl (C=O) groups is 1. The monoisotopic (exact) mass is 281 g/mol. The second kappa shape index (κ2) is 5.83. The lowest BCUT2D eigenvalue weighted by Crippen LogP contribution is -2.09.